The third kappa shape index (κ3) is 7.00. The van der Waals surface area contributed by atoms with E-state index in [1.54, 1.807) is 0 Å². The fourth-order valence-corrected chi connectivity index (χ4v) is 5.92. The number of nitrogens with zero attached hydrogens (tertiary/aromatic N) is 1. The summed E-state index contributed by atoms with van der Waals surface area (Å²) in [5.41, 5.74) is 12.6. The Morgan fingerprint density at radius 3 is 1.16 bits per heavy atom. The summed E-state index contributed by atoms with van der Waals surface area (Å²) in [5.74, 6) is 0. The third-order valence-corrected chi connectivity index (χ3v) is 8.28. The van der Waals surface area contributed by atoms with E-state index in [1.807, 2.05) is 0 Å². The lowest BCUT2D eigenvalue weighted by Crippen LogP contribution is -2.43. The molecule has 0 heterocycles. The van der Waals surface area contributed by atoms with Gasteiger partial charge < -0.3 is 4.90 Å². The van der Waals surface area contributed by atoms with Gasteiger partial charge in [-0.1, -0.05) is 186 Å². The van der Waals surface area contributed by atoms with Crippen LogP contribution in [0.2, 0.25) is 0 Å². The highest BCUT2D eigenvalue weighted by atomic mass is 15.0. The highest BCUT2D eigenvalue weighted by Gasteiger charge is 2.25. The first kappa shape index (κ1) is 29.2. The third-order valence-electron chi connectivity index (χ3n) is 8.28. The van der Waals surface area contributed by atoms with Crippen LogP contribution < -0.4 is 10.9 Å². The molecule has 6 rings (SSSR count). The molecule has 0 amide bonds. The second-order valence-electron chi connectivity index (χ2n) is 11.6. The maximum atomic E-state index is 2.46. The van der Waals surface area contributed by atoms with Crippen molar-refractivity contribution in [3.63, 3.8) is 0 Å². The molecule has 0 saturated carbocycles. The maximum Gasteiger partial charge on any atom is 0.241 e. The summed E-state index contributed by atoms with van der Waals surface area (Å²) >= 11 is 0. The smallest absolute Gasteiger partial charge is 0.241 e. The molecule has 0 aliphatic carbocycles. The van der Waals surface area contributed by atoms with E-state index in [1.165, 1.54) is 55.3 Å². The van der Waals surface area contributed by atoms with Crippen molar-refractivity contribution >= 4 is 23.1 Å². The second-order valence-corrected chi connectivity index (χ2v) is 11.6. The minimum absolute atomic E-state index is 0.0920. The molecule has 44 heavy (non-hydrogen) atoms. The van der Waals surface area contributed by atoms with Crippen molar-refractivity contribution < 1.29 is 0 Å². The number of rotatable bonds is 10. The van der Waals surface area contributed by atoms with Crippen LogP contribution in [0.1, 0.15) is 12.0 Å². The van der Waals surface area contributed by atoms with Crippen molar-refractivity contribution in [3.05, 3.63) is 175 Å². The fourth-order valence-electron chi connectivity index (χ4n) is 5.92. The summed E-state index contributed by atoms with van der Waals surface area (Å²) in [4.78, 5) is 2.25. The van der Waals surface area contributed by atoms with E-state index in [2.05, 4.69) is 189 Å². The summed E-state index contributed by atoms with van der Waals surface area (Å²) in [6.07, 6.45) is 3.43. The zero-order chi connectivity index (χ0) is 30.1. The molecule has 0 spiro atoms. The van der Waals surface area contributed by atoms with Gasteiger partial charge in [-0.15, -0.1) is 0 Å². The molecule has 0 saturated heterocycles. The Balaban J connectivity index is 1.44. The van der Waals surface area contributed by atoms with Gasteiger partial charge in [0.1, 0.15) is 0 Å². The molecule has 0 atom stereocenters. The Morgan fingerprint density at radius 1 is 0.455 bits per heavy atom. The van der Waals surface area contributed by atoms with E-state index in [0.29, 0.717) is 0 Å². The van der Waals surface area contributed by atoms with Gasteiger partial charge in [0.2, 0.25) is 6.71 Å². The lowest BCUT2D eigenvalue weighted by atomic mass is 9.35. The minimum Gasteiger partial charge on any atom is -0.309 e. The van der Waals surface area contributed by atoms with Crippen LogP contribution in [-0.4, -0.2) is 32.3 Å². The van der Waals surface area contributed by atoms with Gasteiger partial charge in [0, 0.05) is 6.54 Å². The first-order valence-corrected chi connectivity index (χ1v) is 15.5. The van der Waals surface area contributed by atoms with Gasteiger partial charge in [0.25, 0.3) is 0 Å². The molecule has 0 aliphatic heterocycles. The van der Waals surface area contributed by atoms with Crippen molar-refractivity contribution in [2.24, 2.45) is 0 Å². The summed E-state index contributed by atoms with van der Waals surface area (Å²) in [5, 5.41) is 0. The zero-order valence-corrected chi connectivity index (χ0v) is 25.6. The largest absolute Gasteiger partial charge is 0.309 e. The van der Waals surface area contributed by atoms with Crippen molar-refractivity contribution in [2.45, 2.75) is 6.42 Å². The summed E-state index contributed by atoms with van der Waals surface area (Å²) in [7, 11) is 4.29. The molecule has 0 radical (unpaired) electrons. The first-order valence-electron chi connectivity index (χ1n) is 15.5. The Labute approximate surface area is 263 Å². The van der Waals surface area contributed by atoms with Crippen LogP contribution in [0, 0.1) is 0 Å². The molecule has 0 bridgehead atoms. The summed E-state index contributed by atoms with van der Waals surface area (Å²) in [6.45, 7) is 1.09. The van der Waals surface area contributed by atoms with Gasteiger partial charge in [0.05, 0.1) is 0 Å². The zero-order valence-electron chi connectivity index (χ0n) is 25.6. The molecule has 6 aromatic carbocycles. The predicted octanol–water partition coefficient (Wildman–Crippen LogP) is 8.87. The van der Waals surface area contributed by atoms with E-state index >= 15 is 0 Å². The van der Waals surface area contributed by atoms with E-state index in [0.717, 1.165) is 13.0 Å². The van der Waals surface area contributed by atoms with Crippen LogP contribution in [0.15, 0.2) is 170 Å². The number of hydrogen-bond donors (Lipinski definition) is 0. The van der Waals surface area contributed by atoms with Crippen molar-refractivity contribution in [1.29, 1.82) is 0 Å². The van der Waals surface area contributed by atoms with Crippen LogP contribution in [0.4, 0.5) is 0 Å². The van der Waals surface area contributed by atoms with E-state index in [-0.39, 0.29) is 6.71 Å². The van der Waals surface area contributed by atoms with Gasteiger partial charge in [-0.3, -0.25) is 0 Å². The van der Waals surface area contributed by atoms with Gasteiger partial charge in [-0.25, -0.2) is 0 Å². The standard InChI is InChI=1S/C42H38BN/c1-44(2)32-12-19-42(39-22-20-36(21-23-39)33-13-6-3-7-14-33)43(40-28-24-37(25-29-40)34-15-8-4-9-16-34)41-30-26-38(27-31-41)35-17-10-5-11-18-35/h3-11,13-31H,12,32H2,1-2H3/b42-19-. The Bertz CT molecular complexity index is 1690. The SMILES string of the molecule is CN(C)CC/C=C(\B(c1ccc(-c2ccccc2)cc1)c1ccc(-c2ccccc2)cc1)c1ccc(-c2ccccc2)cc1. The fraction of sp³-hybridized carbons (Fsp3) is 0.0952. The van der Waals surface area contributed by atoms with E-state index < -0.39 is 0 Å². The van der Waals surface area contributed by atoms with E-state index in [9.17, 15) is 0 Å². The predicted molar refractivity (Wildman–Crippen MR) is 192 cm³/mol. The summed E-state index contributed by atoms with van der Waals surface area (Å²) < 4.78 is 0. The average Bonchev–Trinajstić information content (AvgIpc) is 3.09. The van der Waals surface area contributed by atoms with Crippen molar-refractivity contribution in [1.82, 2.24) is 4.90 Å². The molecule has 6 aromatic rings. The van der Waals surface area contributed by atoms with E-state index in [4.69, 9.17) is 0 Å². The first-order chi connectivity index (χ1) is 21.7. The van der Waals surface area contributed by atoms with Crippen LogP contribution >= 0.6 is 0 Å². The highest BCUT2D eigenvalue weighted by molar-refractivity contribution is 6.99. The maximum absolute atomic E-state index is 2.46. The Morgan fingerprint density at radius 2 is 0.795 bits per heavy atom. The topological polar surface area (TPSA) is 3.24 Å². The quantitative estimate of drug-likeness (QED) is 0.150. The highest BCUT2D eigenvalue weighted by Crippen LogP contribution is 2.26. The summed E-state index contributed by atoms with van der Waals surface area (Å²) in [6, 6.07) is 59.3. The molecule has 0 aromatic heterocycles. The molecule has 0 fully saturated rings. The van der Waals surface area contributed by atoms with Crippen LogP contribution in [0.25, 0.3) is 38.9 Å². The normalized spacial score (nSPS) is 11.5. The molecule has 2 heteroatoms. The Hall–Kier alpha value is -4.92. The lowest BCUT2D eigenvalue weighted by molar-refractivity contribution is 0.417. The molecule has 0 unspecified atom stereocenters. The molecule has 0 aliphatic rings. The number of benzene rings is 6. The monoisotopic (exact) mass is 567 g/mol. The Kier molecular flexibility index (Phi) is 9.31. The van der Waals surface area contributed by atoms with Crippen molar-refractivity contribution in [2.75, 3.05) is 20.6 Å². The lowest BCUT2D eigenvalue weighted by Gasteiger charge is -2.21. The molecular weight excluding hydrogens is 529 g/mol. The molecule has 214 valence electrons. The van der Waals surface area contributed by atoms with Crippen LogP contribution in [-0.2, 0) is 0 Å². The minimum atomic E-state index is 0.0920. The molecule has 1 nitrogen and oxygen atoms in total. The average molecular weight is 568 g/mol. The number of hydrogen-bond acceptors (Lipinski definition) is 1. The molecule has 0 N–H and O–H groups in total. The van der Waals surface area contributed by atoms with Gasteiger partial charge in [-0.05, 0) is 59.5 Å². The van der Waals surface area contributed by atoms with Crippen LogP contribution in [0.5, 0.6) is 0 Å². The molecular formula is C42H38BN. The van der Waals surface area contributed by atoms with Gasteiger partial charge >= 0.3 is 0 Å². The van der Waals surface area contributed by atoms with Gasteiger partial charge in [0.15, 0.2) is 0 Å². The van der Waals surface area contributed by atoms with Gasteiger partial charge in [-0.2, -0.15) is 0 Å². The second kappa shape index (κ2) is 14.0. The van der Waals surface area contributed by atoms with Crippen molar-refractivity contribution in [3.8, 4) is 33.4 Å². The van der Waals surface area contributed by atoms with Crippen LogP contribution in [0.3, 0.4) is 0 Å².